The molecule has 0 aromatic heterocycles. The van der Waals surface area contributed by atoms with E-state index in [1.165, 1.54) is 4.90 Å². The van der Waals surface area contributed by atoms with Gasteiger partial charge in [-0.1, -0.05) is 0 Å². The van der Waals surface area contributed by atoms with Crippen molar-refractivity contribution in [1.29, 1.82) is 5.41 Å². The number of nitrogens with two attached hydrogens (primary N) is 3. The lowest BCUT2D eigenvalue weighted by Gasteiger charge is -2.10. The molecule has 0 fully saturated rings. The predicted octanol–water partition coefficient (Wildman–Crippen LogP) is -2.27. The van der Waals surface area contributed by atoms with Crippen molar-refractivity contribution in [1.82, 2.24) is 10.2 Å². The van der Waals surface area contributed by atoms with Gasteiger partial charge in [-0.05, 0) is 6.42 Å². The molecular weight excluding hydrogens is 298 g/mol. The van der Waals surface area contributed by atoms with Crippen LogP contribution in [0.25, 0.3) is 0 Å². The molecule has 10 N–H and O–H groups in total. The number of carboxylic acids is 2. The van der Waals surface area contributed by atoms with Crippen molar-refractivity contribution in [2.75, 3.05) is 14.1 Å². The number of rotatable bonds is 5. The van der Waals surface area contributed by atoms with Crippen LogP contribution in [-0.2, 0) is 9.59 Å². The number of urea groups is 1. The molecule has 12 nitrogen and oxygen atoms in total. The van der Waals surface area contributed by atoms with E-state index in [0.29, 0.717) is 0 Å². The van der Waals surface area contributed by atoms with E-state index in [0.717, 1.165) is 0 Å². The molecule has 2 amide bonds. The molecule has 0 aromatic carbocycles. The SMILES string of the molecule is CN(C)C(=N)N=C(N)N.NC(=O)N[C@@H](CCC(=O)O)C(=O)O. The minimum Gasteiger partial charge on any atom is -0.481 e. The van der Waals surface area contributed by atoms with Gasteiger partial charge in [-0.25, -0.2) is 9.59 Å². The Morgan fingerprint density at radius 3 is 1.95 bits per heavy atom. The molecule has 0 aliphatic heterocycles. The Kier molecular flexibility index (Phi) is 10.3. The summed E-state index contributed by atoms with van der Waals surface area (Å²) in [7, 11) is 3.38. The number of primary amides is 1. The van der Waals surface area contributed by atoms with Crippen LogP contribution in [0.3, 0.4) is 0 Å². The number of nitrogens with one attached hydrogen (secondary N) is 2. The van der Waals surface area contributed by atoms with Gasteiger partial charge in [-0.15, -0.1) is 0 Å². The van der Waals surface area contributed by atoms with Gasteiger partial charge in [-0.3, -0.25) is 10.2 Å². The summed E-state index contributed by atoms with van der Waals surface area (Å²) < 4.78 is 0. The van der Waals surface area contributed by atoms with Gasteiger partial charge in [0.15, 0.2) is 5.96 Å². The Balaban J connectivity index is 0. The molecule has 0 radical (unpaired) electrons. The zero-order valence-electron chi connectivity index (χ0n) is 12.2. The van der Waals surface area contributed by atoms with E-state index in [1.54, 1.807) is 14.1 Å². The van der Waals surface area contributed by atoms with Gasteiger partial charge in [0.25, 0.3) is 0 Å². The Morgan fingerprint density at radius 1 is 1.23 bits per heavy atom. The Labute approximate surface area is 126 Å². The lowest BCUT2D eigenvalue weighted by Crippen LogP contribution is -2.43. The van der Waals surface area contributed by atoms with Gasteiger partial charge < -0.3 is 37.6 Å². The monoisotopic (exact) mass is 319 g/mol. The molecule has 0 aliphatic carbocycles. The second-order valence-electron chi connectivity index (χ2n) is 4.09. The highest BCUT2D eigenvalue weighted by Gasteiger charge is 2.19. The fraction of sp³-hybridized carbons (Fsp3) is 0.500. The first kappa shape index (κ1) is 21.3. The minimum absolute atomic E-state index is 0.0509. The third-order valence-corrected chi connectivity index (χ3v) is 1.92. The third kappa shape index (κ3) is 13.4. The number of hydrogen-bond donors (Lipinski definition) is 7. The zero-order valence-corrected chi connectivity index (χ0v) is 12.2. The maximum absolute atomic E-state index is 10.4. The smallest absolute Gasteiger partial charge is 0.326 e. The van der Waals surface area contributed by atoms with Gasteiger partial charge in [0.1, 0.15) is 6.04 Å². The fourth-order valence-corrected chi connectivity index (χ4v) is 0.919. The maximum Gasteiger partial charge on any atom is 0.326 e. The number of aliphatic carboxylic acids is 2. The first-order valence-electron chi connectivity index (χ1n) is 5.83. The molecule has 0 saturated carbocycles. The molecule has 0 spiro atoms. The van der Waals surface area contributed by atoms with Crippen LogP contribution in [0.4, 0.5) is 4.79 Å². The highest BCUT2D eigenvalue weighted by Crippen LogP contribution is 1.97. The summed E-state index contributed by atoms with van der Waals surface area (Å²) in [4.78, 5) is 35.7. The third-order valence-electron chi connectivity index (χ3n) is 1.92. The van der Waals surface area contributed by atoms with E-state index in [4.69, 9.17) is 27.1 Å². The largest absolute Gasteiger partial charge is 0.481 e. The molecule has 1 atom stereocenters. The van der Waals surface area contributed by atoms with Gasteiger partial charge in [0.2, 0.25) is 5.96 Å². The number of hydrogen-bond acceptors (Lipinski definition) is 4. The highest BCUT2D eigenvalue weighted by molar-refractivity contribution is 5.91. The van der Waals surface area contributed by atoms with Gasteiger partial charge in [0, 0.05) is 20.5 Å². The normalized spacial score (nSPS) is 10.3. The highest BCUT2D eigenvalue weighted by atomic mass is 16.4. The molecule has 0 saturated heterocycles. The van der Waals surface area contributed by atoms with Gasteiger partial charge in [-0.2, -0.15) is 4.99 Å². The predicted molar refractivity (Wildman–Crippen MR) is 78.2 cm³/mol. The van der Waals surface area contributed by atoms with Crippen molar-refractivity contribution >= 4 is 29.9 Å². The molecular formula is C10H21N7O5. The van der Waals surface area contributed by atoms with Crippen LogP contribution >= 0.6 is 0 Å². The van der Waals surface area contributed by atoms with Crippen LogP contribution < -0.4 is 22.5 Å². The molecule has 0 unspecified atom stereocenters. The van der Waals surface area contributed by atoms with Crippen molar-refractivity contribution < 1.29 is 24.6 Å². The number of carbonyl (C=O) groups excluding carboxylic acids is 1. The van der Waals surface area contributed by atoms with E-state index in [-0.39, 0.29) is 24.8 Å². The maximum atomic E-state index is 10.4. The van der Waals surface area contributed by atoms with E-state index in [1.807, 2.05) is 5.32 Å². The summed E-state index contributed by atoms with van der Waals surface area (Å²) in [5.74, 6) is -2.47. The van der Waals surface area contributed by atoms with E-state index < -0.39 is 24.0 Å². The zero-order chi connectivity index (χ0) is 17.9. The summed E-state index contributed by atoms with van der Waals surface area (Å²) in [5, 5.41) is 25.7. The number of aliphatic imine (C=N–C) groups is 1. The van der Waals surface area contributed by atoms with Crippen LogP contribution in [0, 0.1) is 5.41 Å². The summed E-state index contributed by atoms with van der Waals surface area (Å²) in [6, 6.07) is -2.23. The number of amides is 2. The number of carbonyl (C=O) groups is 3. The van der Waals surface area contributed by atoms with Crippen LogP contribution in [0.1, 0.15) is 12.8 Å². The molecule has 0 heterocycles. The summed E-state index contributed by atoms with van der Waals surface area (Å²) >= 11 is 0. The summed E-state index contributed by atoms with van der Waals surface area (Å²) in [6.07, 6.45) is -0.523. The van der Waals surface area contributed by atoms with Gasteiger partial charge in [0.05, 0.1) is 0 Å². The molecule has 0 rings (SSSR count). The molecule has 22 heavy (non-hydrogen) atoms. The fourth-order valence-electron chi connectivity index (χ4n) is 0.919. The van der Waals surface area contributed by atoms with Gasteiger partial charge >= 0.3 is 18.0 Å². The van der Waals surface area contributed by atoms with Crippen molar-refractivity contribution in [3.8, 4) is 0 Å². The van der Waals surface area contributed by atoms with Crippen LogP contribution in [0.5, 0.6) is 0 Å². The second kappa shape index (κ2) is 10.7. The summed E-state index contributed by atoms with van der Waals surface area (Å²) in [6.45, 7) is 0. The van der Waals surface area contributed by atoms with Crippen molar-refractivity contribution in [2.45, 2.75) is 18.9 Å². The topological polar surface area (TPSA) is 221 Å². The van der Waals surface area contributed by atoms with E-state index in [9.17, 15) is 14.4 Å². The van der Waals surface area contributed by atoms with Crippen molar-refractivity contribution in [3.05, 3.63) is 0 Å². The Hall–Kier alpha value is -3.05. The first-order valence-corrected chi connectivity index (χ1v) is 5.83. The average Bonchev–Trinajstić information content (AvgIpc) is 2.33. The molecule has 0 aliphatic rings. The van der Waals surface area contributed by atoms with Crippen LogP contribution in [0.2, 0.25) is 0 Å². The molecule has 0 bridgehead atoms. The standard InChI is InChI=1S/C6H10N2O5.C4H11N5/c7-6(13)8-3(5(11)12)1-2-4(9)10;1-9(2)4(7)8-3(5)6/h3H,1-2H2,(H,9,10)(H,11,12)(H3,7,8,13);1-2H3,(H5,5,6,7,8)/t3-;/m0./s1. The van der Waals surface area contributed by atoms with E-state index in [2.05, 4.69) is 10.7 Å². The number of nitrogens with zero attached hydrogens (tertiary/aromatic N) is 2. The van der Waals surface area contributed by atoms with Crippen molar-refractivity contribution in [3.63, 3.8) is 0 Å². The minimum atomic E-state index is -1.31. The lowest BCUT2D eigenvalue weighted by molar-refractivity contribution is -0.140. The van der Waals surface area contributed by atoms with Crippen molar-refractivity contribution in [2.24, 2.45) is 22.2 Å². The lowest BCUT2D eigenvalue weighted by atomic mass is 10.1. The average molecular weight is 319 g/mol. The molecule has 126 valence electrons. The quantitative estimate of drug-likeness (QED) is 0.215. The Morgan fingerprint density at radius 2 is 1.73 bits per heavy atom. The number of guanidine groups is 2. The van der Waals surface area contributed by atoms with E-state index >= 15 is 0 Å². The first-order chi connectivity index (χ1) is 9.97. The Bertz CT molecular complexity index is 445. The van der Waals surface area contributed by atoms with Crippen LogP contribution in [-0.4, -0.2) is 65.1 Å². The number of carboxylic acid groups (broad SMARTS) is 2. The molecule has 0 aromatic rings. The van der Waals surface area contributed by atoms with Crippen LogP contribution in [0.15, 0.2) is 4.99 Å². The summed E-state index contributed by atoms with van der Waals surface area (Å²) in [5.41, 5.74) is 14.7. The second-order valence-corrected chi connectivity index (χ2v) is 4.09. The molecule has 12 heteroatoms.